The predicted molar refractivity (Wildman–Crippen MR) is 102 cm³/mol. The Kier molecular flexibility index (Phi) is 5.61. The highest BCUT2D eigenvalue weighted by atomic mass is 35.5. The first-order valence-corrected chi connectivity index (χ1v) is 9.02. The van der Waals surface area contributed by atoms with Gasteiger partial charge in [0.2, 0.25) is 0 Å². The smallest absolute Gasteiger partial charge is 0.306 e. The Balaban J connectivity index is 2.02. The van der Waals surface area contributed by atoms with Gasteiger partial charge in [-0.3, -0.25) is 4.79 Å². The molecule has 29 heavy (non-hydrogen) atoms. The Hall–Kier alpha value is -2.94. The largest absolute Gasteiger partial charge is 0.434 e. The van der Waals surface area contributed by atoms with Crippen molar-refractivity contribution in [1.29, 1.82) is 0 Å². The lowest BCUT2D eigenvalue weighted by Gasteiger charge is -2.13. The van der Waals surface area contributed by atoms with Gasteiger partial charge in [0.25, 0.3) is 5.91 Å². The molecule has 0 fully saturated rings. The third-order valence-corrected chi connectivity index (χ3v) is 4.20. The number of carbonyl (C=O) groups is 1. The molecule has 2 heterocycles. The van der Waals surface area contributed by atoms with Crippen molar-refractivity contribution in [3.05, 3.63) is 64.3 Å². The van der Waals surface area contributed by atoms with Gasteiger partial charge in [-0.25, -0.2) is 14.6 Å². The SMILES string of the molecule is Cc1cc(NC(=O)c2cnn(-c3cccc(Cl)c3)c2C(F)(F)F)nc(C(C)C)n1. The quantitative estimate of drug-likeness (QED) is 0.639. The predicted octanol–water partition coefficient (Wildman–Crippen LogP) is 5.02. The number of nitrogens with one attached hydrogen (secondary N) is 1. The van der Waals surface area contributed by atoms with E-state index in [4.69, 9.17) is 11.6 Å². The van der Waals surface area contributed by atoms with E-state index in [2.05, 4.69) is 20.4 Å². The topological polar surface area (TPSA) is 72.7 Å². The number of aromatic nitrogens is 4. The second kappa shape index (κ2) is 7.82. The molecule has 0 aliphatic heterocycles. The van der Waals surface area contributed by atoms with E-state index in [0.717, 1.165) is 6.20 Å². The zero-order valence-corrected chi connectivity index (χ0v) is 16.5. The maximum Gasteiger partial charge on any atom is 0.434 e. The van der Waals surface area contributed by atoms with Crippen LogP contribution >= 0.6 is 11.6 Å². The molecule has 1 aromatic carbocycles. The van der Waals surface area contributed by atoms with Gasteiger partial charge in [-0.05, 0) is 25.1 Å². The fourth-order valence-electron chi connectivity index (χ4n) is 2.69. The van der Waals surface area contributed by atoms with Crippen LogP contribution in [0.15, 0.2) is 36.5 Å². The van der Waals surface area contributed by atoms with Crippen molar-refractivity contribution in [3.63, 3.8) is 0 Å². The first kappa shape index (κ1) is 20.8. The van der Waals surface area contributed by atoms with Gasteiger partial charge < -0.3 is 5.32 Å². The Bertz CT molecular complexity index is 1060. The fraction of sp³-hybridized carbons (Fsp3) is 0.263. The average Bonchev–Trinajstić information content (AvgIpc) is 3.07. The number of carbonyl (C=O) groups excluding carboxylic acids is 1. The number of halogens is 4. The number of anilines is 1. The standard InChI is InChI=1S/C19H17ClF3N5O/c1-10(2)17-25-11(3)7-15(26-17)27-18(29)14-9-24-28(16(14)19(21,22)23)13-6-4-5-12(20)8-13/h4-10H,1-3H3,(H,25,26,27,29). The summed E-state index contributed by atoms with van der Waals surface area (Å²) < 4.78 is 41.9. The maximum absolute atomic E-state index is 13.8. The van der Waals surface area contributed by atoms with Crippen molar-refractivity contribution in [2.45, 2.75) is 32.9 Å². The molecule has 10 heteroatoms. The Morgan fingerprint density at radius 2 is 1.93 bits per heavy atom. The lowest BCUT2D eigenvalue weighted by molar-refractivity contribution is -0.143. The van der Waals surface area contributed by atoms with Crippen molar-refractivity contribution < 1.29 is 18.0 Å². The third-order valence-electron chi connectivity index (χ3n) is 3.96. The minimum Gasteiger partial charge on any atom is -0.306 e. The van der Waals surface area contributed by atoms with Gasteiger partial charge in [0.15, 0.2) is 5.69 Å². The molecular formula is C19H17ClF3N5O. The lowest BCUT2D eigenvalue weighted by atomic mass is 10.2. The summed E-state index contributed by atoms with van der Waals surface area (Å²) in [5.41, 5.74) is -1.15. The van der Waals surface area contributed by atoms with E-state index in [0.29, 0.717) is 16.2 Å². The van der Waals surface area contributed by atoms with Crippen LogP contribution < -0.4 is 5.32 Å². The number of hydrogen-bond donors (Lipinski definition) is 1. The van der Waals surface area contributed by atoms with E-state index < -0.39 is 23.3 Å². The molecule has 6 nitrogen and oxygen atoms in total. The molecule has 152 valence electrons. The summed E-state index contributed by atoms with van der Waals surface area (Å²) in [6, 6.07) is 7.25. The summed E-state index contributed by atoms with van der Waals surface area (Å²) in [6.45, 7) is 5.45. The molecule has 0 atom stereocenters. The second-order valence-electron chi connectivity index (χ2n) is 6.66. The van der Waals surface area contributed by atoms with Crippen molar-refractivity contribution in [2.75, 3.05) is 5.32 Å². The van der Waals surface area contributed by atoms with Crippen LogP contribution in [0.1, 0.15) is 47.3 Å². The highest BCUT2D eigenvalue weighted by Gasteiger charge is 2.40. The van der Waals surface area contributed by atoms with Gasteiger partial charge in [0.05, 0.1) is 17.4 Å². The van der Waals surface area contributed by atoms with Crippen LogP contribution in [-0.2, 0) is 6.18 Å². The van der Waals surface area contributed by atoms with Crippen LogP contribution in [0.3, 0.4) is 0 Å². The Morgan fingerprint density at radius 1 is 1.21 bits per heavy atom. The number of alkyl halides is 3. The van der Waals surface area contributed by atoms with Crippen molar-refractivity contribution in [2.24, 2.45) is 0 Å². The summed E-state index contributed by atoms with van der Waals surface area (Å²) in [6.07, 6.45) is -3.95. The normalized spacial score (nSPS) is 11.7. The van der Waals surface area contributed by atoms with Gasteiger partial charge in [-0.2, -0.15) is 18.3 Å². The fourth-order valence-corrected chi connectivity index (χ4v) is 2.87. The maximum atomic E-state index is 13.8. The van der Waals surface area contributed by atoms with Gasteiger partial charge in [0.1, 0.15) is 11.6 Å². The molecule has 0 saturated carbocycles. The number of hydrogen-bond acceptors (Lipinski definition) is 4. The van der Waals surface area contributed by atoms with Crippen LogP contribution in [0.2, 0.25) is 5.02 Å². The summed E-state index contributed by atoms with van der Waals surface area (Å²) >= 11 is 5.88. The number of benzene rings is 1. The molecule has 0 bridgehead atoms. The van der Waals surface area contributed by atoms with Crippen molar-refractivity contribution in [1.82, 2.24) is 19.7 Å². The number of rotatable bonds is 4. The molecule has 0 unspecified atom stereocenters. The molecule has 3 rings (SSSR count). The number of nitrogens with zero attached hydrogens (tertiary/aromatic N) is 4. The molecule has 0 aliphatic carbocycles. The molecule has 1 N–H and O–H groups in total. The van der Waals surface area contributed by atoms with E-state index in [9.17, 15) is 18.0 Å². The number of aryl methyl sites for hydroxylation is 1. The number of amides is 1. The summed E-state index contributed by atoms with van der Waals surface area (Å²) in [7, 11) is 0. The van der Waals surface area contributed by atoms with Crippen LogP contribution in [-0.4, -0.2) is 25.7 Å². The van der Waals surface area contributed by atoms with Crippen molar-refractivity contribution in [3.8, 4) is 5.69 Å². The summed E-state index contributed by atoms with van der Waals surface area (Å²) in [5, 5.41) is 6.42. The van der Waals surface area contributed by atoms with E-state index in [1.807, 2.05) is 13.8 Å². The molecule has 0 spiro atoms. The average molecular weight is 424 g/mol. The summed E-state index contributed by atoms with van der Waals surface area (Å²) in [4.78, 5) is 21.1. The minimum atomic E-state index is -4.82. The molecule has 0 aliphatic rings. The second-order valence-corrected chi connectivity index (χ2v) is 7.09. The van der Waals surface area contributed by atoms with Gasteiger partial charge >= 0.3 is 6.18 Å². The molecule has 0 radical (unpaired) electrons. The monoisotopic (exact) mass is 423 g/mol. The molecule has 3 aromatic rings. The lowest BCUT2D eigenvalue weighted by Crippen LogP contribution is -2.21. The van der Waals surface area contributed by atoms with E-state index >= 15 is 0 Å². The van der Waals surface area contributed by atoms with Crippen molar-refractivity contribution >= 4 is 23.3 Å². The zero-order valence-electron chi connectivity index (χ0n) is 15.8. The highest BCUT2D eigenvalue weighted by Crippen LogP contribution is 2.34. The van der Waals surface area contributed by atoms with Gasteiger partial charge in [-0.1, -0.05) is 31.5 Å². The molecular weight excluding hydrogens is 407 g/mol. The van der Waals surface area contributed by atoms with Gasteiger partial charge in [-0.15, -0.1) is 0 Å². The van der Waals surface area contributed by atoms with Gasteiger partial charge in [0, 0.05) is 22.7 Å². The van der Waals surface area contributed by atoms with E-state index in [1.165, 1.54) is 30.3 Å². The van der Waals surface area contributed by atoms with E-state index in [1.54, 1.807) is 6.92 Å². The Morgan fingerprint density at radius 3 is 2.55 bits per heavy atom. The zero-order chi connectivity index (χ0) is 21.3. The van der Waals surface area contributed by atoms with Crippen LogP contribution in [0.4, 0.5) is 19.0 Å². The first-order valence-electron chi connectivity index (χ1n) is 8.64. The molecule has 2 aromatic heterocycles. The van der Waals surface area contributed by atoms with E-state index in [-0.39, 0.29) is 22.4 Å². The van der Waals surface area contributed by atoms with Crippen LogP contribution in [0, 0.1) is 6.92 Å². The third kappa shape index (κ3) is 4.56. The minimum absolute atomic E-state index is 0.0122. The molecule has 1 amide bonds. The Labute approximate surface area is 169 Å². The molecule has 0 saturated heterocycles. The van der Waals surface area contributed by atoms with Crippen LogP contribution in [0.25, 0.3) is 5.69 Å². The summed E-state index contributed by atoms with van der Waals surface area (Å²) in [5.74, 6) is -0.388. The highest BCUT2D eigenvalue weighted by molar-refractivity contribution is 6.30. The first-order chi connectivity index (χ1) is 13.6. The van der Waals surface area contributed by atoms with Crippen LogP contribution in [0.5, 0.6) is 0 Å².